The number of nitrogens with zero attached hydrogens (tertiary/aromatic N) is 1. The fourth-order valence-electron chi connectivity index (χ4n) is 1.00. The van der Waals surface area contributed by atoms with Crippen molar-refractivity contribution in [3.05, 3.63) is 11.1 Å². The topological polar surface area (TPSA) is 91.3 Å². The molecular weight excluding hydrogens is 242 g/mol. The molecule has 1 aromatic rings. The summed E-state index contributed by atoms with van der Waals surface area (Å²) >= 11 is 1.31. The Kier molecular flexibility index (Phi) is 4.45. The van der Waals surface area contributed by atoms with E-state index >= 15 is 0 Å². The number of rotatable bonds is 4. The summed E-state index contributed by atoms with van der Waals surface area (Å²) in [4.78, 5) is 26.1. The van der Waals surface area contributed by atoms with E-state index in [1.165, 1.54) is 18.3 Å². The third-order valence-electron chi connectivity index (χ3n) is 2.05. The molecule has 0 radical (unpaired) electrons. The van der Waals surface area contributed by atoms with Gasteiger partial charge in [0.2, 0.25) is 0 Å². The lowest BCUT2D eigenvalue weighted by molar-refractivity contribution is -0.138. The van der Waals surface area contributed by atoms with Crippen molar-refractivity contribution in [2.24, 2.45) is 0 Å². The molecule has 0 spiro atoms. The zero-order valence-electron chi connectivity index (χ0n) is 9.85. The van der Waals surface area contributed by atoms with Gasteiger partial charge in [-0.05, 0) is 12.8 Å². The lowest BCUT2D eigenvalue weighted by atomic mass is 10.2. The van der Waals surface area contributed by atoms with E-state index in [0.717, 1.165) is 5.69 Å². The SMILES string of the molecule is CC(NC(=O)Nc1nc(C(C)C)cs1)C(=O)O. The Labute approximate surface area is 103 Å². The van der Waals surface area contributed by atoms with E-state index in [4.69, 9.17) is 5.11 Å². The normalized spacial score (nSPS) is 12.2. The number of carbonyl (C=O) groups excluding carboxylic acids is 1. The van der Waals surface area contributed by atoms with Gasteiger partial charge in [0, 0.05) is 5.38 Å². The number of amides is 2. The average molecular weight is 257 g/mol. The summed E-state index contributed by atoms with van der Waals surface area (Å²) in [6.07, 6.45) is 0. The van der Waals surface area contributed by atoms with Gasteiger partial charge >= 0.3 is 12.0 Å². The molecule has 94 valence electrons. The molecule has 0 aromatic carbocycles. The zero-order chi connectivity index (χ0) is 13.0. The van der Waals surface area contributed by atoms with Crippen LogP contribution in [0.1, 0.15) is 32.4 Å². The molecule has 0 fully saturated rings. The van der Waals surface area contributed by atoms with Crippen LogP contribution in [-0.2, 0) is 4.79 Å². The van der Waals surface area contributed by atoms with Crippen molar-refractivity contribution in [1.29, 1.82) is 0 Å². The summed E-state index contributed by atoms with van der Waals surface area (Å²) in [6.45, 7) is 5.40. The van der Waals surface area contributed by atoms with Crippen LogP contribution in [-0.4, -0.2) is 28.1 Å². The van der Waals surface area contributed by atoms with Gasteiger partial charge in [0.25, 0.3) is 0 Å². The minimum Gasteiger partial charge on any atom is -0.480 e. The number of nitrogens with one attached hydrogen (secondary N) is 2. The largest absolute Gasteiger partial charge is 0.480 e. The molecule has 2 amide bonds. The van der Waals surface area contributed by atoms with E-state index in [2.05, 4.69) is 15.6 Å². The first-order valence-electron chi connectivity index (χ1n) is 5.16. The number of hydrogen-bond donors (Lipinski definition) is 3. The number of carboxylic acids is 1. The molecule has 0 saturated heterocycles. The number of carboxylic acid groups (broad SMARTS) is 1. The second-order valence-electron chi connectivity index (χ2n) is 3.89. The van der Waals surface area contributed by atoms with Crippen molar-refractivity contribution in [2.75, 3.05) is 5.32 Å². The van der Waals surface area contributed by atoms with Crippen LogP contribution in [0.2, 0.25) is 0 Å². The van der Waals surface area contributed by atoms with Gasteiger partial charge < -0.3 is 10.4 Å². The van der Waals surface area contributed by atoms with Crippen molar-refractivity contribution in [3.63, 3.8) is 0 Å². The van der Waals surface area contributed by atoms with Crippen LogP contribution in [0.5, 0.6) is 0 Å². The van der Waals surface area contributed by atoms with E-state index in [9.17, 15) is 9.59 Å². The summed E-state index contributed by atoms with van der Waals surface area (Å²) in [7, 11) is 0. The Balaban J connectivity index is 2.53. The number of carbonyl (C=O) groups is 2. The highest BCUT2D eigenvalue weighted by Gasteiger charge is 2.15. The van der Waals surface area contributed by atoms with Gasteiger partial charge in [-0.2, -0.15) is 0 Å². The summed E-state index contributed by atoms with van der Waals surface area (Å²) in [5, 5.41) is 15.7. The van der Waals surface area contributed by atoms with E-state index in [1.54, 1.807) is 0 Å². The standard InChI is InChI=1S/C10H15N3O3S/c1-5(2)7-4-17-10(12-7)13-9(16)11-6(3)8(14)15/h4-6H,1-3H3,(H,14,15)(H2,11,12,13,16). The first-order chi connectivity index (χ1) is 7.90. The van der Waals surface area contributed by atoms with Crippen LogP contribution in [0.15, 0.2) is 5.38 Å². The number of hydrogen-bond acceptors (Lipinski definition) is 4. The molecule has 7 heteroatoms. The summed E-state index contributed by atoms with van der Waals surface area (Å²) in [5.74, 6) is -0.787. The molecule has 0 saturated carbocycles. The summed E-state index contributed by atoms with van der Waals surface area (Å²) in [6, 6.07) is -1.50. The number of thiazole rings is 1. The first-order valence-corrected chi connectivity index (χ1v) is 6.04. The van der Waals surface area contributed by atoms with Crippen molar-refractivity contribution < 1.29 is 14.7 Å². The molecule has 17 heavy (non-hydrogen) atoms. The lowest BCUT2D eigenvalue weighted by Gasteiger charge is -2.08. The van der Waals surface area contributed by atoms with Crippen molar-refractivity contribution in [3.8, 4) is 0 Å². The predicted molar refractivity (Wildman–Crippen MR) is 65.5 cm³/mol. The molecule has 1 aromatic heterocycles. The maximum absolute atomic E-state index is 11.4. The Morgan fingerprint density at radius 1 is 1.41 bits per heavy atom. The Bertz CT molecular complexity index is 417. The van der Waals surface area contributed by atoms with Gasteiger partial charge in [-0.1, -0.05) is 13.8 Å². The molecular formula is C10H15N3O3S. The minimum atomic E-state index is -1.08. The fourth-order valence-corrected chi connectivity index (χ4v) is 1.87. The molecule has 0 bridgehead atoms. The number of aliphatic carboxylic acids is 1. The minimum absolute atomic E-state index is 0.294. The summed E-state index contributed by atoms with van der Waals surface area (Å²) < 4.78 is 0. The van der Waals surface area contributed by atoms with Crippen molar-refractivity contribution >= 4 is 28.5 Å². The Morgan fingerprint density at radius 2 is 2.06 bits per heavy atom. The third kappa shape index (κ3) is 4.03. The van der Waals surface area contributed by atoms with Gasteiger partial charge in [0.15, 0.2) is 5.13 Å². The van der Waals surface area contributed by atoms with Gasteiger partial charge in [-0.3, -0.25) is 10.1 Å². The van der Waals surface area contributed by atoms with E-state index in [1.807, 2.05) is 19.2 Å². The lowest BCUT2D eigenvalue weighted by Crippen LogP contribution is -2.40. The van der Waals surface area contributed by atoms with Crippen LogP contribution in [0.25, 0.3) is 0 Å². The molecule has 0 aliphatic rings. The number of aromatic nitrogens is 1. The number of urea groups is 1. The maximum Gasteiger partial charge on any atom is 0.325 e. The van der Waals surface area contributed by atoms with Crippen LogP contribution in [0.3, 0.4) is 0 Å². The smallest absolute Gasteiger partial charge is 0.325 e. The maximum atomic E-state index is 11.4. The van der Waals surface area contributed by atoms with Crippen molar-refractivity contribution in [2.45, 2.75) is 32.7 Å². The van der Waals surface area contributed by atoms with E-state index < -0.39 is 18.0 Å². The molecule has 1 atom stereocenters. The molecule has 1 heterocycles. The molecule has 3 N–H and O–H groups in total. The fraction of sp³-hybridized carbons (Fsp3) is 0.500. The molecule has 0 aliphatic heterocycles. The second kappa shape index (κ2) is 5.62. The highest BCUT2D eigenvalue weighted by Crippen LogP contribution is 2.21. The molecule has 1 unspecified atom stereocenters. The highest BCUT2D eigenvalue weighted by molar-refractivity contribution is 7.13. The first kappa shape index (κ1) is 13.4. The van der Waals surface area contributed by atoms with Crippen molar-refractivity contribution in [1.82, 2.24) is 10.3 Å². The second-order valence-corrected chi connectivity index (χ2v) is 4.75. The predicted octanol–water partition coefficient (Wildman–Crippen LogP) is 1.86. The zero-order valence-corrected chi connectivity index (χ0v) is 10.7. The third-order valence-corrected chi connectivity index (χ3v) is 2.83. The molecule has 1 rings (SSSR count). The van der Waals surface area contributed by atoms with Crippen LogP contribution < -0.4 is 10.6 Å². The average Bonchev–Trinajstić information content (AvgIpc) is 2.65. The van der Waals surface area contributed by atoms with Crippen LogP contribution in [0, 0.1) is 0 Å². The van der Waals surface area contributed by atoms with Gasteiger partial charge in [-0.15, -0.1) is 11.3 Å². The van der Waals surface area contributed by atoms with Crippen LogP contribution >= 0.6 is 11.3 Å². The van der Waals surface area contributed by atoms with Crippen LogP contribution in [0.4, 0.5) is 9.93 Å². The molecule has 6 nitrogen and oxygen atoms in total. The monoisotopic (exact) mass is 257 g/mol. The summed E-state index contributed by atoms with van der Waals surface area (Å²) in [5.41, 5.74) is 0.900. The number of anilines is 1. The Morgan fingerprint density at radius 3 is 2.53 bits per heavy atom. The highest BCUT2D eigenvalue weighted by atomic mass is 32.1. The van der Waals surface area contributed by atoms with E-state index in [0.29, 0.717) is 11.0 Å². The van der Waals surface area contributed by atoms with E-state index in [-0.39, 0.29) is 0 Å². The Hall–Kier alpha value is -1.63. The van der Waals surface area contributed by atoms with Gasteiger partial charge in [0.1, 0.15) is 6.04 Å². The quantitative estimate of drug-likeness (QED) is 0.767. The van der Waals surface area contributed by atoms with Gasteiger partial charge in [0.05, 0.1) is 5.69 Å². The van der Waals surface area contributed by atoms with Gasteiger partial charge in [-0.25, -0.2) is 9.78 Å². The molecule has 0 aliphatic carbocycles.